The molecule has 0 bridgehead atoms. The van der Waals surface area contributed by atoms with Crippen molar-refractivity contribution in [2.75, 3.05) is 16.3 Å². The first kappa shape index (κ1) is 15.3. The van der Waals surface area contributed by atoms with Gasteiger partial charge in [-0.25, -0.2) is 0 Å². The molecule has 5 heteroatoms. The van der Waals surface area contributed by atoms with E-state index in [0.29, 0.717) is 28.6 Å². The van der Waals surface area contributed by atoms with Crippen LogP contribution in [0.15, 0.2) is 61.2 Å². The van der Waals surface area contributed by atoms with Gasteiger partial charge in [-0.2, -0.15) is 0 Å². The smallest absolute Gasteiger partial charge is 0.241 e. The first-order chi connectivity index (χ1) is 11.1. The Hall–Kier alpha value is -2.59. The fraction of sp³-hybridized carbons (Fsp3) is 0.111. The summed E-state index contributed by atoms with van der Waals surface area (Å²) in [5.41, 5.74) is 1.95. The summed E-state index contributed by atoms with van der Waals surface area (Å²) in [7, 11) is 0. The van der Waals surface area contributed by atoms with Crippen LogP contribution in [0.1, 0.15) is 6.42 Å². The molecule has 0 unspecified atom stereocenters. The fourth-order valence-corrected chi connectivity index (χ4v) is 2.83. The molecule has 0 saturated carbocycles. The summed E-state index contributed by atoms with van der Waals surface area (Å²) in [5, 5.41) is 0.505. The molecule has 2 amide bonds. The lowest BCUT2D eigenvalue weighted by atomic mass is 10.2. The molecular weight excluding hydrogens is 312 g/mol. The molecule has 0 N–H and O–H groups in total. The van der Waals surface area contributed by atoms with Gasteiger partial charge in [-0.3, -0.25) is 14.5 Å². The van der Waals surface area contributed by atoms with E-state index in [1.165, 1.54) is 0 Å². The van der Waals surface area contributed by atoms with Gasteiger partial charge in [0.25, 0.3) is 0 Å². The Kier molecular flexibility index (Phi) is 4.17. The Morgan fingerprint density at radius 2 is 1.78 bits per heavy atom. The molecule has 0 aromatic heterocycles. The molecule has 1 aliphatic heterocycles. The van der Waals surface area contributed by atoms with E-state index in [9.17, 15) is 9.59 Å². The molecule has 116 valence electrons. The molecular formula is C18H15ClN2O2. The average molecular weight is 327 g/mol. The molecule has 2 aromatic rings. The maximum atomic E-state index is 12.7. The number of carbonyl (C=O) groups is 2. The number of benzene rings is 2. The minimum Gasteiger partial charge on any atom is -0.306 e. The van der Waals surface area contributed by atoms with E-state index in [4.69, 9.17) is 11.6 Å². The predicted octanol–water partition coefficient (Wildman–Crippen LogP) is 3.93. The van der Waals surface area contributed by atoms with Crippen molar-refractivity contribution in [2.45, 2.75) is 6.42 Å². The van der Waals surface area contributed by atoms with Gasteiger partial charge in [-0.15, -0.1) is 6.58 Å². The molecule has 0 aliphatic carbocycles. The Morgan fingerprint density at radius 3 is 2.48 bits per heavy atom. The third-order valence-electron chi connectivity index (χ3n) is 3.65. The zero-order valence-corrected chi connectivity index (χ0v) is 13.2. The molecule has 0 saturated heterocycles. The van der Waals surface area contributed by atoms with Crippen LogP contribution in [-0.2, 0) is 9.59 Å². The Morgan fingerprint density at radius 1 is 1.04 bits per heavy atom. The van der Waals surface area contributed by atoms with Crippen molar-refractivity contribution in [1.82, 2.24) is 0 Å². The number of nitrogens with zero attached hydrogens (tertiary/aromatic N) is 2. The summed E-state index contributed by atoms with van der Waals surface area (Å²) in [6.45, 7) is 4.02. The van der Waals surface area contributed by atoms with Gasteiger partial charge in [0.2, 0.25) is 11.8 Å². The second-order valence-corrected chi connectivity index (χ2v) is 5.60. The standard InChI is InChI=1S/C18H15ClN2O2/c1-2-10-20-15-9-8-13(19)11-16(15)21(18(23)12-17(20)22)14-6-4-3-5-7-14/h2-9,11H,1,10,12H2. The number of anilines is 3. The first-order valence-corrected chi connectivity index (χ1v) is 7.58. The summed E-state index contributed by atoms with van der Waals surface area (Å²) in [6, 6.07) is 14.4. The van der Waals surface area contributed by atoms with Gasteiger partial charge in [-0.05, 0) is 30.3 Å². The first-order valence-electron chi connectivity index (χ1n) is 7.20. The second kappa shape index (κ2) is 6.26. The Bertz CT molecular complexity index is 774. The zero-order valence-electron chi connectivity index (χ0n) is 12.4. The monoisotopic (exact) mass is 326 g/mol. The van der Waals surface area contributed by atoms with Crippen LogP contribution in [0.5, 0.6) is 0 Å². The number of halogens is 1. The molecule has 4 nitrogen and oxygen atoms in total. The minimum atomic E-state index is -0.281. The van der Waals surface area contributed by atoms with Gasteiger partial charge < -0.3 is 4.90 Å². The minimum absolute atomic E-state index is 0.199. The highest BCUT2D eigenvalue weighted by Gasteiger charge is 2.32. The van der Waals surface area contributed by atoms with Crippen molar-refractivity contribution < 1.29 is 9.59 Å². The van der Waals surface area contributed by atoms with Crippen LogP contribution in [0.2, 0.25) is 5.02 Å². The van der Waals surface area contributed by atoms with E-state index in [2.05, 4.69) is 6.58 Å². The van der Waals surface area contributed by atoms with E-state index in [1.54, 1.807) is 34.1 Å². The number of hydrogen-bond acceptors (Lipinski definition) is 2. The highest BCUT2D eigenvalue weighted by Crippen LogP contribution is 2.39. The molecule has 1 heterocycles. The van der Waals surface area contributed by atoms with Gasteiger partial charge in [-0.1, -0.05) is 35.9 Å². The van der Waals surface area contributed by atoms with E-state index in [1.807, 2.05) is 30.3 Å². The average Bonchev–Trinajstić information content (AvgIpc) is 2.63. The molecule has 0 spiro atoms. The lowest BCUT2D eigenvalue weighted by Crippen LogP contribution is -2.31. The maximum Gasteiger partial charge on any atom is 0.241 e. The summed E-state index contributed by atoms with van der Waals surface area (Å²) >= 11 is 6.13. The van der Waals surface area contributed by atoms with E-state index in [-0.39, 0.29) is 18.2 Å². The third-order valence-corrected chi connectivity index (χ3v) is 3.88. The largest absolute Gasteiger partial charge is 0.306 e. The van der Waals surface area contributed by atoms with Crippen LogP contribution in [0.25, 0.3) is 0 Å². The van der Waals surface area contributed by atoms with Gasteiger partial charge in [0.1, 0.15) is 6.42 Å². The number of para-hydroxylation sites is 1. The SMILES string of the molecule is C=CCN1C(=O)CC(=O)N(c2ccccc2)c2cc(Cl)ccc21. The highest BCUT2D eigenvalue weighted by molar-refractivity contribution is 6.31. The van der Waals surface area contributed by atoms with Crippen molar-refractivity contribution in [1.29, 1.82) is 0 Å². The summed E-state index contributed by atoms with van der Waals surface area (Å²) < 4.78 is 0. The van der Waals surface area contributed by atoms with E-state index >= 15 is 0 Å². The number of hydrogen-bond donors (Lipinski definition) is 0. The number of rotatable bonds is 3. The maximum absolute atomic E-state index is 12.7. The molecule has 2 aromatic carbocycles. The van der Waals surface area contributed by atoms with E-state index in [0.717, 1.165) is 0 Å². The lowest BCUT2D eigenvalue weighted by Gasteiger charge is -2.25. The summed E-state index contributed by atoms with van der Waals surface area (Å²) in [4.78, 5) is 28.2. The van der Waals surface area contributed by atoms with E-state index < -0.39 is 0 Å². The second-order valence-electron chi connectivity index (χ2n) is 5.17. The predicted molar refractivity (Wildman–Crippen MR) is 92.2 cm³/mol. The zero-order chi connectivity index (χ0) is 16.4. The van der Waals surface area contributed by atoms with Crippen LogP contribution in [-0.4, -0.2) is 18.4 Å². The van der Waals surface area contributed by atoms with Crippen LogP contribution < -0.4 is 9.80 Å². The van der Waals surface area contributed by atoms with Crippen molar-refractivity contribution in [3.8, 4) is 0 Å². The van der Waals surface area contributed by atoms with Crippen molar-refractivity contribution in [3.05, 3.63) is 66.2 Å². The summed E-state index contributed by atoms with van der Waals surface area (Å²) in [6.07, 6.45) is 1.44. The molecule has 0 fully saturated rings. The fourth-order valence-electron chi connectivity index (χ4n) is 2.67. The molecule has 1 aliphatic rings. The van der Waals surface area contributed by atoms with Crippen LogP contribution in [0.3, 0.4) is 0 Å². The van der Waals surface area contributed by atoms with Crippen LogP contribution in [0, 0.1) is 0 Å². The van der Waals surface area contributed by atoms with Crippen molar-refractivity contribution >= 4 is 40.5 Å². The van der Waals surface area contributed by atoms with Crippen LogP contribution >= 0.6 is 11.6 Å². The quantitative estimate of drug-likeness (QED) is 0.633. The number of carbonyl (C=O) groups excluding carboxylic acids is 2. The molecule has 0 atom stereocenters. The van der Waals surface area contributed by atoms with Crippen molar-refractivity contribution in [2.24, 2.45) is 0 Å². The van der Waals surface area contributed by atoms with Gasteiger partial charge in [0, 0.05) is 17.3 Å². The number of fused-ring (bicyclic) bond motifs is 1. The third kappa shape index (κ3) is 2.85. The molecule has 0 radical (unpaired) electrons. The normalized spacial score (nSPS) is 14.5. The Balaban J connectivity index is 2.22. The molecule has 23 heavy (non-hydrogen) atoms. The lowest BCUT2D eigenvalue weighted by molar-refractivity contribution is -0.125. The van der Waals surface area contributed by atoms with Gasteiger partial charge in [0.05, 0.1) is 11.4 Å². The van der Waals surface area contributed by atoms with Crippen molar-refractivity contribution in [3.63, 3.8) is 0 Å². The molecule has 3 rings (SSSR count). The van der Waals surface area contributed by atoms with Crippen LogP contribution in [0.4, 0.5) is 17.1 Å². The Labute approximate surface area is 139 Å². The summed E-state index contributed by atoms with van der Waals surface area (Å²) in [5.74, 6) is -0.534. The van der Waals surface area contributed by atoms with Gasteiger partial charge in [0.15, 0.2) is 0 Å². The number of amides is 2. The van der Waals surface area contributed by atoms with Gasteiger partial charge >= 0.3 is 0 Å². The highest BCUT2D eigenvalue weighted by atomic mass is 35.5. The topological polar surface area (TPSA) is 40.6 Å².